The highest BCUT2D eigenvalue weighted by Crippen LogP contribution is 2.25. The van der Waals surface area contributed by atoms with E-state index in [2.05, 4.69) is 10.2 Å². The predicted octanol–water partition coefficient (Wildman–Crippen LogP) is -0.753. The summed E-state index contributed by atoms with van der Waals surface area (Å²) in [6, 6.07) is 0.316. The average Bonchev–Trinajstić information content (AvgIpc) is 2.45. The zero-order valence-corrected chi connectivity index (χ0v) is 13.8. The Morgan fingerprint density at radius 1 is 1.29 bits per heavy atom. The average molecular weight is 319 g/mol. The van der Waals surface area contributed by atoms with E-state index in [1.807, 2.05) is 6.92 Å². The number of piperidine rings is 1. The van der Waals surface area contributed by atoms with Crippen LogP contribution in [0.2, 0.25) is 0 Å². The Bertz CT molecular complexity index is 488. The first-order valence-electron chi connectivity index (χ1n) is 7.31. The molecule has 0 saturated carbocycles. The molecule has 2 heterocycles. The Balaban J connectivity index is 1.96. The molecule has 0 unspecified atom stereocenters. The van der Waals surface area contributed by atoms with Crippen molar-refractivity contribution < 1.29 is 17.9 Å². The summed E-state index contributed by atoms with van der Waals surface area (Å²) >= 11 is 0. The van der Waals surface area contributed by atoms with E-state index in [9.17, 15) is 13.2 Å². The largest absolute Gasteiger partial charge is 0.363 e. The van der Waals surface area contributed by atoms with Crippen LogP contribution in [0.25, 0.3) is 0 Å². The Labute approximate surface area is 126 Å². The molecule has 2 rings (SSSR count). The van der Waals surface area contributed by atoms with Gasteiger partial charge < -0.3 is 10.1 Å². The number of likely N-dealkylation sites (N-methyl/N-ethyl adjacent to an activating group) is 1. The summed E-state index contributed by atoms with van der Waals surface area (Å²) in [6.45, 7) is 4.78. The fraction of sp³-hybridized carbons (Fsp3) is 0.923. The molecule has 2 aliphatic heterocycles. The van der Waals surface area contributed by atoms with Crippen molar-refractivity contribution in [2.75, 3.05) is 46.1 Å². The predicted molar refractivity (Wildman–Crippen MR) is 79.4 cm³/mol. The van der Waals surface area contributed by atoms with Gasteiger partial charge in [0.2, 0.25) is 10.0 Å². The van der Waals surface area contributed by atoms with Crippen LogP contribution >= 0.6 is 0 Å². The van der Waals surface area contributed by atoms with Crippen molar-refractivity contribution in [1.29, 1.82) is 0 Å². The van der Waals surface area contributed by atoms with Gasteiger partial charge >= 0.3 is 0 Å². The first-order chi connectivity index (χ1) is 9.76. The first kappa shape index (κ1) is 16.7. The molecular formula is C13H25N3O4S. The molecule has 8 heteroatoms. The molecule has 21 heavy (non-hydrogen) atoms. The molecular weight excluding hydrogens is 294 g/mol. The maximum atomic E-state index is 12.0. The van der Waals surface area contributed by atoms with Gasteiger partial charge in [-0.3, -0.25) is 9.69 Å². The van der Waals surface area contributed by atoms with E-state index in [-0.39, 0.29) is 5.91 Å². The van der Waals surface area contributed by atoms with E-state index in [1.54, 1.807) is 7.05 Å². The number of nitrogens with one attached hydrogen (secondary N) is 1. The zero-order chi connectivity index (χ0) is 15.7. The molecule has 2 saturated heterocycles. The number of amides is 1. The van der Waals surface area contributed by atoms with Gasteiger partial charge in [0.25, 0.3) is 5.91 Å². The number of nitrogens with zero attached hydrogens (tertiary/aromatic N) is 2. The van der Waals surface area contributed by atoms with Crippen molar-refractivity contribution in [3.8, 4) is 0 Å². The Kier molecular flexibility index (Phi) is 4.92. The molecule has 1 N–H and O–H groups in total. The maximum absolute atomic E-state index is 12.0. The summed E-state index contributed by atoms with van der Waals surface area (Å²) in [7, 11) is -1.48. The minimum atomic E-state index is -3.09. The summed E-state index contributed by atoms with van der Waals surface area (Å²) in [6.07, 6.45) is 2.86. The van der Waals surface area contributed by atoms with E-state index in [0.717, 1.165) is 19.4 Å². The third-order valence-electron chi connectivity index (χ3n) is 4.42. The molecule has 0 aromatic heterocycles. The second kappa shape index (κ2) is 6.20. The van der Waals surface area contributed by atoms with Crippen molar-refractivity contribution in [1.82, 2.24) is 14.5 Å². The lowest BCUT2D eigenvalue weighted by molar-refractivity contribution is -0.159. The van der Waals surface area contributed by atoms with Crippen LogP contribution in [0.5, 0.6) is 0 Å². The molecule has 0 aromatic carbocycles. The fourth-order valence-electron chi connectivity index (χ4n) is 3.15. The lowest BCUT2D eigenvalue weighted by Gasteiger charge is -2.44. The second-order valence-corrected chi connectivity index (χ2v) is 8.00. The normalized spacial score (nSPS) is 30.2. The molecule has 0 aliphatic carbocycles. The van der Waals surface area contributed by atoms with Crippen LogP contribution in [0.3, 0.4) is 0 Å². The molecule has 122 valence electrons. The summed E-state index contributed by atoms with van der Waals surface area (Å²) in [5.74, 6) is -0.110. The van der Waals surface area contributed by atoms with Gasteiger partial charge in [-0.05, 0) is 19.8 Å². The number of ether oxygens (including phenoxy) is 1. The Morgan fingerprint density at radius 3 is 2.43 bits per heavy atom. The van der Waals surface area contributed by atoms with Gasteiger partial charge in [-0.1, -0.05) is 0 Å². The SMILES string of the molecule is CNC(=O)[C@]1(C)CN(C2CCN(S(C)(=O)=O)CC2)CCO1. The highest BCUT2D eigenvalue weighted by Gasteiger charge is 2.41. The van der Waals surface area contributed by atoms with Gasteiger partial charge in [0.1, 0.15) is 0 Å². The van der Waals surface area contributed by atoms with Crippen molar-refractivity contribution in [3.05, 3.63) is 0 Å². The van der Waals surface area contributed by atoms with Crippen molar-refractivity contribution in [3.63, 3.8) is 0 Å². The molecule has 0 spiro atoms. The number of rotatable bonds is 3. The van der Waals surface area contributed by atoms with Crippen molar-refractivity contribution >= 4 is 15.9 Å². The van der Waals surface area contributed by atoms with Crippen LogP contribution in [0, 0.1) is 0 Å². The topological polar surface area (TPSA) is 79.0 Å². The fourth-order valence-corrected chi connectivity index (χ4v) is 4.03. The number of morpholine rings is 1. The highest BCUT2D eigenvalue weighted by atomic mass is 32.2. The van der Waals surface area contributed by atoms with E-state index in [1.165, 1.54) is 10.6 Å². The van der Waals surface area contributed by atoms with Gasteiger partial charge in [-0.2, -0.15) is 0 Å². The standard InChI is InChI=1S/C13H25N3O4S/c1-13(12(17)14-2)10-15(8-9-20-13)11-4-6-16(7-5-11)21(3,18)19/h11H,4-10H2,1-3H3,(H,14,17)/t13-/m0/s1. The van der Waals surface area contributed by atoms with Crippen LogP contribution in [-0.4, -0.2) is 81.3 Å². The Morgan fingerprint density at radius 2 is 1.90 bits per heavy atom. The van der Waals surface area contributed by atoms with Gasteiger partial charge in [0, 0.05) is 39.3 Å². The molecule has 0 bridgehead atoms. The molecule has 0 aromatic rings. The van der Waals surface area contributed by atoms with Gasteiger partial charge in [0.15, 0.2) is 5.60 Å². The lowest BCUT2D eigenvalue weighted by atomic mass is 9.98. The quantitative estimate of drug-likeness (QED) is 0.740. The molecule has 1 amide bonds. The number of hydrogen-bond donors (Lipinski definition) is 1. The minimum absolute atomic E-state index is 0.110. The monoisotopic (exact) mass is 319 g/mol. The zero-order valence-electron chi connectivity index (χ0n) is 13.0. The van der Waals surface area contributed by atoms with Crippen LogP contribution < -0.4 is 5.32 Å². The van der Waals surface area contributed by atoms with Gasteiger partial charge in [0.05, 0.1) is 12.9 Å². The van der Waals surface area contributed by atoms with Crippen LogP contribution in [0.4, 0.5) is 0 Å². The maximum Gasteiger partial charge on any atom is 0.253 e. The summed E-state index contributed by atoms with van der Waals surface area (Å²) in [5, 5.41) is 2.65. The molecule has 1 atom stereocenters. The summed E-state index contributed by atoms with van der Waals surface area (Å²) < 4.78 is 30.3. The van der Waals surface area contributed by atoms with E-state index < -0.39 is 15.6 Å². The third-order valence-corrected chi connectivity index (χ3v) is 5.72. The number of carbonyl (C=O) groups excluding carboxylic acids is 1. The number of carbonyl (C=O) groups is 1. The van der Waals surface area contributed by atoms with Crippen molar-refractivity contribution in [2.45, 2.75) is 31.4 Å². The van der Waals surface area contributed by atoms with Gasteiger partial charge in [-0.25, -0.2) is 12.7 Å². The minimum Gasteiger partial charge on any atom is -0.363 e. The van der Waals surface area contributed by atoms with E-state index in [4.69, 9.17) is 4.74 Å². The summed E-state index contributed by atoms with van der Waals surface area (Å²) in [5.41, 5.74) is -0.818. The lowest BCUT2D eigenvalue weighted by Crippen LogP contribution is -2.60. The second-order valence-electron chi connectivity index (χ2n) is 6.02. The molecule has 0 radical (unpaired) electrons. The van der Waals surface area contributed by atoms with Crippen LogP contribution in [0.1, 0.15) is 19.8 Å². The number of sulfonamides is 1. The van der Waals surface area contributed by atoms with Gasteiger partial charge in [-0.15, -0.1) is 0 Å². The first-order valence-corrected chi connectivity index (χ1v) is 9.16. The van der Waals surface area contributed by atoms with Crippen LogP contribution in [-0.2, 0) is 19.6 Å². The Hall–Kier alpha value is -0.700. The van der Waals surface area contributed by atoms with Crippen molar-refractivity contribution in [2.24, 2.45) is 0 Å². The number of hydrogen-bond acceptors (Lipinski definition) is 5. The van der Waals surface area contributed by atoms with Crippen LogP contribution in [0.15, 0.2) is 0 Å². The molecule has 2 aliphatic rings. The highest BCUT2D eigenvalue weighted by molar-refractivity contribution is 7.88. The smallest absolute Gasteiger partial charge is 0.253 e. The third kappa shape index (κ3) is 3.74. The summed E-state index contributed by atoms with van der Waals surface area (Å²) in [4.78, 5) is 14.2. The molecule has 7 nitrogen and oxygen atoms in total. The van der Waals surface area contributed by atoms with E-state index in [0.29, 0.717) is 32.3 Å². The van der Waals surface area contributed by atoms with E-state index >= 15 is 0 Å². The molecule has 2 fully saturated rings.